The molecule has 3 aromatic heterocycles. The number of urea groups is 1. The first kappa shape index (κ1) is 23.3. The Morgan fingerprint density at radius 1 is 1.03 bits per heavy atom. The van der Waals surface area contributed by atoms with Crippen LogP contribution in [0, 0.1) is 0 Å². The maximum atomic E-state index is 13.4. The van der Waals surface area contributed by atoms with Crippen molar-refractivity contribution in [1.29, 1.82) is 0 Å². The van der Waals surface area contributed by atoms with Crippen molar-refractivity contribution in [1.82, 2.24) is 20.2 Å². The molecule has 0 spiro atoms. The first-order valence-corrected chi connectivity index (χ1v) is 9.85. The molecule has 14 heteroatoms. The highest BCUT2D eigenvalue weighted by Gasteiger charge is 2.31. The summed E-state index contributed by atoms with van der Waals surface area (Å²) < 4.78 is 46.4. The second-order valence-electron chi connectivity index (χ2n) is 6.94. The average molecular weight is 484 g/mol. The van der Waals surface area contributed by atoms with Crippen LogP contribution in [0.2, 0.25) is 0 Å². The maximum absolute atomic E-state index is 13.4. The summed E-state index contributed by atoms with van der Waals surface area (Å²) in [5.74, 6) is -0.958. The number of carbonyl (C=O) groups excluding carboxylic acids is 2. The lowest BCUT2D eigenvalue weighted by Gasteiger charge is -2.17. The van der Waals surface area contributed by atoms with Crippen LogP contribution in [0.15, 0.2) is 71.9 Å². The highest BCUT2D eigenvalue weighted by molar-refractivity contribution is 6.05. The number of carbonyl (C=O) groups is 2. The summed E-state index contributed by atoms with van der Waals surface area (Å²) in [5.41, 5.74) is -1.00. The van der Waals surface area contributed by atoms with Gasteiger partial charge in [0, 0.05) is 24.3 Å². The Balaban J connectivity index is 1.46. The number of benzene rings is 1. The molecule has 178 valence electrons. The molecule has 0 fully saturated rings. The van der Waals surface area contributed by atoms with Crippen molar-refractivity contribution in [2.45, 2.75) is 12.7 Å². The Morgan fingerprint density at radius 2 is 1.83 bits per heavy atom. The SMILES string of the molecule is O=C([N-]c1c[n+](Cc2ccccn2)no1)Nc1cc(NC(=O)c2cnccn2)cc(C(F)(F)F)c1. The molecular formula is C21H15F3N8O3. The predicted octanol–water partition coefficient (Wildman–Crippen LogP) is 3.70. The molecule has 11 nitrogen and oxygen atoms in total. The molecular weight excluding hydrogens is 469 g/mol. The van der Waals surface area contributed by atoms with Crippen molar-refractivity contribution in [2.75, 3.05) is 10.6 Å². The van der Waals surface area contributed by atoms with Crippen LogP contribution in [-0.2, 0) is 12.7 Å². The summed E-state index contributed by atoms with van der Waals surface area (Å²) >= 11 is 0. The lowest BCUT2D eigenvalue weighted by Crippen LogP contribution is -2.35. The van der Waals surface area contributed by atoms with Crippen LogP contribution in [0.25, 0.3) is 5.32 Å². The van der Waals surface area contributed by atoms with Crippen LogP contribution < -0.4 is 15.3 Å². The number of anilines is 2. The van der Waals surface area contributed by atoms with E-state index in [4.69, 9.17) is 4.52 Å². The van der Waals surface area contributed by atoms with Gasteiger partial charge in [-0.1, -0.05) is 6.07 Å². The standard InChI is InChI=1S/C21H15F3N8O3/c22-21(23,24)13-7-15(28-19(33)17-10-25-5-6-27-17)9-16(8-13)29-20(34)30-18-12-32(31-35-18)11-14-3-1-2-4-26-14/h1-10,12H,11H2,(H2-,28,29,30,31,33,34). The molecule has 0 atom stereocenters. The van der Waals surface area contributed by atoms with Crippen molar-refractivity contribution in [3.63, 3.8) is 0 Å². The van der Waals surface area contributed by atoms with E-state index in [1.54, 1.807) is 24.4 Å². The zero-order valence-electron chi connectivity index (χ0n) is 17.6. The second kappa shape index (κ2) is 9.94. The third-order valence-electron chi connectivity index (χ3n) is 4.33. The normalized spacial score (nSPS) is 11.1. The third-order valence-corrected chi connectivity index (χ3v) is 4.33. The molecule has 0 aliphatic rings. The summed E-state index contributed by atoms with van der Waals surface area (Å²) in [6.07, 6.45) is 1.94. The number of amides is 3. The Hall–Kier alpha value is -4.88. The average Bonchev–Trinajstić information content (AvgIpc) is 3.26. The number of halogens is 3. The van der Waals surface area contributed by atoms with Crippen LogP contribution in [0.5, 0.6) is 0 Å². The zero-order valence-corrected chi connectivity index (χ0v) is 17.6. The third kappa shape index (κ3) is 6.34. The van der Waals surface area contributed by atoms with Crippen LogP contribution in [-0.4, -0.2) is 32.2 Å². The van der Waals surface area contributed by atoms with Gasteiger partial charge >= 0.3 is 6.18 Å². The first-order valence-electron chi connectivity index (χ1n) is 9.85. The maximum Gasteiger partial charge on any atom is 0.416 e. The van der Waals surface area contributed by atoms with E-state index in [2.05, 4.69) is 36.2 Å². The van der Waals surface area contributed by atoms with Crippen molar-refractivity contribution >= 4 is 29.2 Å². The van der Waals surface area contributed by atoms with Gasteiger partial charge in [0.25, 0.3) is 5.91 Å². The fourth-order valence-electron chi connectivity index (χ4n) is 2.85. The predicted molar refractivity (Wildman–Crippen MR) is 114 cm³/mol. The largest absolute Gasteiger partial charge is 0.424 e. The van der Waals surface area contributed by atoms with Gasteiger partial charge < -0.3 is 20.5 Å². The minimum absolute atomic E-state index is 0.102. The molecule has 1 aromatic carbocycles. The van der Waals surface area contributed by atoms with Crippen LogP contribution >= 0.6 is 0 Å². The summed E-state index contributed by atoms with van der Waals surface area (Å²) in [5, 5.41) is 11.9. The van der Waals surface area contributed by atoms with Gasteiger partial charge in [-0.05, 0) is 40.7 Å². The molecule has 3 heterocycles. The van der Waals surface area contributed by atoms with E-state index < -0.39 is 23.7 Å². The number of pyridine rings is 1. The number of aromatic nitrogens is 5. The number of alkyl halides is 3. The number of rotatable bonds is 6. The van der Waals surface area contributed by atoms with Crippen molar-refractivity contribution in [3.05, 3.63) is 89.7 Å². The van der Waals surface area contributed by atoms with Gasteiger partial charge in [-0.15, -0.1) is 0 Å². The molecule has 35 heavy (non-hydrogen) atoms. The topological polar surface area (TPSA) is 141 Å². The molecule has 0 aliphatic heterocycles. The molecule has 4 aromatic rings. The van der Waals surface area contributed by atoms with Crippen molar-refractivity contribution in [3.8, 4) is 0 Å². The number of hydrogen-bond donors (Lipinski definition) is 2. The van der Waals surface area contributed by atoms with Crippen molar-refractivity contribution in [2.24, 2.45) is 0 Å². The number of hydrogen-bond acceptors (Lipinski definition) is 7. The Kier molecular flexibility index (Phi) is 6.62. The molecule has 0 aliphatic carbocycles. The summed E-state index contributed by atoms with van der Waals surface area (Å²) in [6, 6.07) is 6.85. The second-order valence-corrected chi connectivity index (χ2v) is 6.94. The first-order chi connectivity index (χ1) is 16.8. The highest BCUT2D eigenvalue weighted by Crippen LogP contribution is 2.34. The van der Waals surface area contributed by atoms with Gasteiger partial charge in [0.05, 0.1) is 11.8 Å². The minimum atomic E-state index is -4.74. The quantitative estimate of drug-likeness (QED) is 0.398. The van der Waals surface area contributed by atoms with Crippen LogP contribution in [0.4, 0.5) is 35.2 Å². The highest BCUT2D eigenvalue weighted by atomic mass is 19.4. The lowest BCUT2D eigenvalue weighted by molar-refractivity contribution is -0.755. The van der Waals surface area contributed by atoms with Gasteiger partial charge in [0.2, 0.25) is 18.6 Å². The molecule has 2 N–H and O–H groups in total. The fraction of sp³-hybridized carbons (Fsp3) is 0.0952. The van der Waals surface area contributed by atoms with E-state index in [-0.39, 0.29) is 29.5 Å². The molecule has 4 rings (SSSR count). The van der Waals surface area contributed by atoms with E-state index in [9.17, 15) is 22.8 Å². The molecule has 0 saturated carbocycles. The number of nitrogens with one attached hydrogen (secondary N) is 2. The lowest BCUT2D eigenvalue weighted by atomic mass is 10.1. The van der Waals surface area contributed by atoms with Crippen LogP contribution in [0.3, 0.4) is 0 Å². The molecule has 3 amide bonds. The van der Waals surface area contributed by atoms with Gasteiger partial charge in [-0.2, -0.15) is 13.2 Å². The van der Waals surface area contributed by atoms with E-state index in [0.717, 1.165) is 18.3 Å². The Morgan fingerprint density at radius 3 is 2.51 bits per heavy atom. The van der Waals surface area contributed by atoms with Gasteiger partial charge in [0.1, 0.15) is 11.4 Å². The molecule has 0 saturated heterocycles. The van der Waals surface area contributed by atoms with Gasteiger partial charge in [-0.3, -0.25) is 19.6 Å². The Bertz CT molecular complexity index is 1330. The molecule has 0 radical (unpaired) electrons. The monoisotopic (exact) mass is 484 g/mol. The summed E-state index contributed by atoms with van der Waals surface area (Å²) in [7, 11) is 0. The molecule has 0 bridgehead atoms. The fourth-order valence-corrected chi connectivity index (χ4v) is 2.85. The Labute approximate surface area is 195 Å². The summed E-state index contributed by atoms with van der Waals surface area (Å²) in [4.78, 5) is 36.2. The van der Waals surface area contributed by atoms with Gasteiger partial charge in [-0.25, -0.2) is 4.98 Å². The van der Waals surface area contributed by atoms with Gasteiger partial charge in [0.15, 0.2) is 11.3 Å². The van der Waals surface area contributed by atoms with Crippen LogP contribution in [0.1, 0.15) is 21.7 Å². The van der Waals surface area contributed by atoms with E-state index >= 15 is 0 Å². The minimum Gasteiger partial charge on any atom is -0.424 e. The van der Waals surface area contributed by atoms with Crippen molar-refractivity contribution < 1.29 is 32.0 Å². The van der Waals surface area contributed by atoms with E-state index in [0.29, 0.717) is 11.8 Å². The smallest absolute Gasteiger partial charge is 0.416 e. The summed E-state index contributed by atoms with van der Waals surface area (Å²) in [6.45, 7) is 0.254. The van der Waals surface area contributed by atoms with E-state index in [1.165, 1.54) is 23.3 Å². The van der Waals surface area contributed by atoms with E-state index in [1.807, 2.05) is 0 Å². The molecule has 0 unspecified atom stereocenters. The number of nitrogens with zero attached hydrogens (tertiary/aromatic N) is 6. The zero-order chi connectivity index (χ0) is 24.8.